The molecule has 0 spiro atoms. The van der Waals surface area contributed by atoms with E-state index in [9.17, 15) is 4.39 Å². The van der Waals surface area contributed by atoms with Crippen LogP contribution in [0.5, 0.6) is 0 Å². The summed E-state index contributed by atoms with van der Waals surface area (Å²) in [5, 5.41) is 7.79. The molecule has 0 radical (unpaired) electrons. The van der Waals surface area contributed by atoms with E-state index in [1.165, 1.54) is 30.5 Å². The van der Waals surface area contributed by atoms with Crippen molar-refractivity contribution in [3.05, 3.63) is 66.4 Å². The van der Waals surface area contributed by atoms with Crippen LogP contribution < -0.4 is 15.5 Å². The van der Waals surface area contributed by atoms with Gasteiger partial charge in [-0.1, -0.05) is 0 Å². The van der Waals surface area contributed by atoms with Crippen molar-refractivity contribution in [1.29, 1.82) is 0 Å². The molecule has 7 nitrogen and oxygen atoms in total. The maximum atomic E-state index is 13.2. The number of anilines is 3. The van der Waals surface area contributed by atoms with Crippen LogP contribution in [0.1, 0.15) is 24.3 Å². The van der Waals surface area contributed by atoms with Crippen molar-refractivity contribution in [2.24, 2.45) is 0 Å². The highest BCUT2D eigenvalue weighted by Crippen LogP contribution is 2.44. The van der Waals surface area contributed by atoms with Gasteiger partial charge in [-0.2, -0.15) is 0 Å². The Morgan fingerprint density at radius 2 is 1.82 bits per heavy atom. The van der Waals surface area contributed by atoms with E-state index in [0.717, 1.165) is 54.2 Å². The third kappa shape index (κ3) is 4.09. The molecule has 1 aliphatic carbocycles. The van der Waals surface area contributed by atoms with Crippen LogP contribution in [-0.4, -0.2) is 46.1 Å². The summed E-state index contributed by atoms with van der Waals surface area (Å²) in [4.78, 5) is 21.3. The molecule has 3 aromatic heterocycles. The summed E-state index contributed by atoms with van der Waals surface area (Å²) in [6, 6.07) is 10.0. The Kier molecular flexibility index (Phi) is 5.07. The Balaban J connectivity index is 1.43. The minimum Gasteiger partial charge on any atom is -0.353 e. The Hall–Kier alpha value is -3.65. The molecule has 8 heteroatoms. The average Bonchev–Trinajstić information content (AvgIpc) is 3.71. The number of hydrogen-bond acceptors (Lipinski definition) is 7. The third-order valence-corrected chi connectivity index (χ3v) is 6.19. The van der Waals surface area contributed by atoms with Gasteiger partial charge in [0, 0.05) is 55.2 Å². The van der Waals surface area contributed by atoms with Gasteiger partial charge in [-0.15, -0.1) is 0 Å². The lowest BCUT2D eigenvalue weighted by Gasteiger charge is -2.30. The fourth-order valence-electron chi connectivity index (χ4n) is 4.35. The lowest BCUT2D eigenvalue weighted by molar-refractivity contribution is 0.586. The second-order valence-corrected chi connectivity index (χ2v) is 8.57. The fourth-order valence-corrected chi connectivity index (χ4v) is 4.35. The van der Waals surface area contributed by atoms with E-state index in [4.69, 9.17) is 9.97 Å². The Morgan fingerprint density at radius 3 is 2.61 bits per heavy atom. The summed E-state index contributed by atoms with van der Waals surface area (Å²) in [7, 11) is 0. The van der Waals surface area contributed by atoms with Crippen LogP contribution >= 0.6 is 0 Å². The van der Waals surface area contributed by atoms with Gasteiger partial charge in [0.05, 0.1) is 11.7 Å². The molecule has 1 aromatic carbocycles. The number of nitrogens with zero attached hydrogens (tertiary/aromatic N) is 5. The molecular weight excluding hydrogens is 417 g/mol. The second kappa shape index (κ2) is 8.37. The molecule has 2 N–H and O–H groups in total. The highest BCUT2D eigenvalue weighted by atomic mass is 19.1. The number of pyridine rings is 2. The predicted molar refractivity (Wildman–Crippen MR) is 127 cm³/mol. The van der Waals surface area contributed by atoms with Crippen molar-refractivity contribution in [2.75, 3.05) is 36.4 Å². The van der Waals surface area contributed by atoms with Gasteiger partial charge in [-0.05, 0) is 60.7 Å². The molecule has 1 aliphatic heterocycles. The molecule has 33 heavy (non-hydrogen) atoms. The first-order chi connectivity index (χ1) is 16.2. The number of halogens is 1. The van der Waals surface area contributed by atoms with E-state index in [0.29, 0.717) is 17.6 Å². The second-order valence-electron chi connectivity index (χ2n) is 8.57. The quantitative estimate of drug-likeness (QED) is 0.479. The summed E-state index contributed by atoms with van der Waals surface area (Å²) >= 11 is 0. The van der Waals surface area contributed by atoms with Crippen molar-refractivity contribution < 1.29 is 4.39 Å². The van der Waals surface area contributed by atoms with Crippen LogP contribution in [0.15, 0.2) is 55.0 Å². The van der Waals surface area contributed by atoms with E-state index >= 15 is 0 Å². The van der Waals surface area contributed by atoms with Gasteiger partial charge >= 0.3 is 0 Å². The average molecular weight is 442 g/mol. The normalized spacial score (nSPS) is 16.2. The van der Waals surface area contributed by atoms with Gasteiger partial charge in [0.15, 0.2) is 5.82 Å². The Bertz CT molecular complexity index is 1300. The van der Waals surface area contributed by atoms with Gasteiger partial charge in [-0.25, -0.2) is 19.3 Å². The number of benzene rings is 1. The van der Waals surface area contributed by atoms with Crippen molar-refractivity contribution in [1.82, 2.24) is 25.3 Å². The molecule has 1 saturated heterocycles. The first kappa shape index (κ1) is 20.0. The fraction of sp³-hybridized carbons (Fsp3) is 0.280. The smallest absolute Gasteiger partial charge is 0.162 e. The first-order valence-corrected chi connectivity index (χ1v) is 11.3. The predicted octanol–water partition coefficient (Wildman–Crippen LogP) is 4.26. The lowest BCUT2D eigenvalue weighted by Crippen LogP contribution is -2.44. The largest absolute Gasteiger partial charge is 0.353 e. The van der Waals surface area contributed by atoms with Crippen molar-refractivity contribution in [2.45, 2.75) is 18.8 Å². The molecule has 0 bridgehead atoms. The summed E-state index contributed by atoms with van der Waals surface area (Å²) in [6.07, 6.45) is 7.97. The summed E-state index contributed by atoms with van der Waals surface area (Å²) in [5.41, 5.74) is 3.77. The maximum absolute atomic E-state index is 13.2. The minimum atomic E-state index is -0.272. The minimum absolute atomic E-state index is 0.272. The highest BCUT2D eigenvalue weighted by Gasteiger charge is 2.29. The zero-order valence-electron chi connectivity index (χ0n) is 18.1. The number of fused-ring (bicyclic) bond motifs is 1. The van der Waals surface area contributed by atoms with E-state index in [1.807, 2.05) is 24.5 Å². The molecule has 2 aliphatic rings. The van der Waals surface area contributed by atoms with Gasteiger partial charge in [0.25, 0.3) is 0 Å². The zero-order valence-corrected chi connectivity index (χ0v) is 18.1. The molecule has 2 fully saturated rings. The van der Waals surface area contributed by atoms with Crippen LogP contribution in [0.4, 0.5) is 21.7 Å². The Labute approximate surface area is 191 Å². The molecule has 1 saturated carbocycles. The SMILES string of the molecule is Fc1ccc(Nc2cc(-c3nc(N4CCNCC4)c4c(C5CC5)cncc4n3)ccn2)cc1. The molecule has 0 unspecified atom stereocenters. The van der Waals surface area contributed by atoms with Crippen LogP contribution in [0, 0.1) is 5.82 Å². The summed E-state index contributed by atoms with van der Waals surface area (Å²) in [5.74, 6) is 2.58. The number of piperazine rings is 1. The number of rotatable bonds is 5. The lowest BCUT2D eigenvalue weighted by atomic mass is 10.1. The van der Waals surface area contributed by atoms with E-state index in [1.54, 1.807) is 18.3 Å². The van der Waals surface area contributed by atoms with Crippen molar-refractivity contribution in [3.63, 3.8) is 0 Å². The Morgan fingerprint density at radius 1 is 1.00 bits per heavy atom. The molecule has 0 atom stereocenters. The van der Waals surface area contributed by atoms with Gasteiger partial charge in [0.1, 0.15) is 17.5 Å². The van der Waals surface area contributed by atoms with Gasteiger partial charge in [0.2, 0.25) is 0 Å². The van der Waals surface area contributed by atoms with Gasteiger partial charge in [-0.3, -0.25) is 4.98 Å². The van der Waals surface area contributed by atoms with E-state index in [2.05, 4.69) is 25.5 Å². The monoisotopic (exact) mass is 441 g/mol. The van der Waals surface area contributed by atoms with Crippen LogP contribution in [0.3, 0.4) is 0 Å². The topological polar surface area (TPSA) is 78.9 Å². The molecular formula is C25H24FN7. The van der Waals surface area contributed by atoms with E-state index < -0.39 is 0 Å². The standard InChI is InChI=1S/C25H24FN7/c26-18-3-5-19(6-4-18)30-22-13-17(7-8-29-22)24-31-21-15-28-14-20(16-1-2-16)23(21)25(32-24)33-11-9-27-10-12-33/h3-8,13-16,27H,1-2,9-12H2,(H,29,30). The van der Waals surface area contributed by atoms with Crippen LogP contribution in [0.2, 0.25) is 0 Å². The van der Waals surface area contributed by atoms with Crippen molar-refractivity contribution >= 4 is 28.2 Å². The number of nitrogens with one attached hydrogen (secondary N) is 2. The molecule has 0 amide bonds. The summed E-state index contributed by atoms with van der Waals surface area (Å²) in [6.45, 7) is 3.69. The molecule has 166 valence electrons. The number of aromatic nitrogens is 4. The third-order valence-electron chi connectivity index (χ3n) is 6.19. The van der Waals surface area contributed by atoms with Crippen LogP contribution in [-0.2, 0) is 0 Å². The first-order valence-electron chi connectivity index (χ1n) is 11.3. The molecule has 4 aromatic rings. The zero-order chi connectivity index (χ0) is 22.2. The van der Waals surface area contributed by atoms with Gasteiger partial charge < -0.3 is 15.5 Å². The summed E-state index contributed by atoms with van der Waals surface area (Å²) < 4.78 is 13.2. The molecule has 6 rings (SSSR count). The van der Waals surface area contributed by atoms with Crippen molar-refractivity contribution in [3.8, 4) is 11.4 Å². The number of hydrogen-bond donors (Lipinski definition) is 2. The maximum Gasteiger partial charge on any atom is 0.162 e. The van der Waals surface area contributed by atoms with E-state index in [-0.39, 0.29) is 5.82 Å². The molecule has 4 heterocycles. The van der Waals surface area contributed by atoms with Crippen LogP contribution in [0.25, 0.3) is 22.3 Å². The highest BCUT2D eigenvalue weighted by molar-refractivity contribution is 5.94.